The van der Waals surface area contributed by atoms with Crippen LogP contribution in [-0.4, -0.2) is 42.5 Å². The third-order valence-corrected chi connectivity index (χ3v) is 4.63. The molecule has 0 spiro atoms. The first-order valence-electron chi connectivity index (χ1n) is 7.68. The van der Waals surface area contributed by atoms with E-state index in [9.17, 15) is 4.79 Å². The third kappa shape index (κ3) is 4.19. The van der Waals surface area contributed by atoms with E-state index in [1.54, 1.807) is 0 Å². The van der Waals surface area contributed by atoms with Crippen molar-refractivity contribution in [1.82, 2.24) is 15.5 Å². The Morgan fingerprint density at radius 1 is 1.24 bits per heavy atom. The van der Waals surface area contributed by atoms with Gasteiger partial charge < -0.3 is 10.6 Å². The van der Waals surface area contributed by atoms with Gasteiger partial charge in [-0.15, -0.1) is 0 Å². The summed E-state index contributed by atoms with van der Waals surface area (Å²) in [6.45, 7) is 3.07. The fraction of sp³-hybridized carbons (Fsp3) is 0.562. The highest BCUT2D eigenvalue weighted by atomic mass is 35.5. The zero-order valence-corrected chi connectivity index (χ0v) is 12.9. The average molecular weight is 308 g/mol. The Kier molecular flexibility index (Phi) is 4.78. The van der Waals surface area contributed by atoms with Crippen LogP contribution in [0, 0.1) is 0 Å². The molecule has 2 atom stereocenters. The number of carbonyl (C=O) groups excluding carboxylic acids is 1. The minimum Gasteiger partial charge on any atom is -0.351 e. The van der Waals surface area contributed by atoms with Crippen molar-refractivity contribution >= 4 is 17.5 Å². The number of fused-ring (bicyclic) bond motifs is 2. The molecule has 0 aliphatic carbocycles. The van der Waals surface area contributed by atoms with Crippen LogP contribution in [0.3, 0.4) is 0 Å². The van der Waals surface area contributed by atoms with E-state index < -0.39 is 0 Å². The van der Waals surface area contributed by atoms with E-state index >= 15 is 0 Å². The molecule has 4 nitrogen and oxygen atoms in total. The quantitative estimate of drug-likeness (QED) is 0.891. The van der Waals surface area contributed by atoms with Gasteiger partial charge in [0.05, 0.1) is 6.54 Å². The van der Waals surface area contributed by atoms with E-state index in [0.29, 0.717) is 25.2 Å². The van der Waals surface area contributed by atoms with Crippen LogP contribution in [-0.2, 0) is 11.3 Å². The molecule has 0 radical (unpaired) electrons. The molecular weight excluding hydrogens is 286 g/mol. The molecule has 1 amide bonds. The van der Waals surface area contributed by atoms with Crippen LogP contribution in [0.15, 0.2) is 24.3 Å². The van der Waals surface area contributed by atoms with Crippen molar-refractivity contribution in [2.45, 2.75) is 37.9 Å². The number of likely N-dealkylation sites (tertiary alicyclic amines) is 1. The predicted molar refractivity (Wildman–Crippen MR) is 84.3 cm³/mol. The first kappa shape index (κ1) is 14.8. The summed E-state index contributed by atoms with van der Waals surface area (Å²) in [6, 6.07) is 8.81. The van der Waals surface area contributed by atoms with Crippen molar-refractivity contribution in [3.8, 4) is 0 Å². The number of carbonyl (C=O) groups is 1. The van der Waals surface area contributed by atoms with E-state index in [-0.39, 0.29) is 5.91 Å². The Morgan fingerprint density at radius 2 is 2.00 bits per heavy atom. The second-order valence-electron chi connectivity index (χ2n) is 6.06. The maximum Gasteiger partial charge on any atom is 0.234 e. The zero-order valence-electron chi connectivity index (χ0n) is 12.1. The molecule has 2 heterocycles. The third-order valence-electron chi connectivity index (χ3n) is 4.38. The molecule has 3 rings (SSSR count). The fourth-order valence-electron chi connectivity index (χ4n) is 3.22. The van der Waals surface area contributed by atoms with Gasteiger partial charge in [-0.2, -0.15) is 0 Å². The van der Waals surface area contributed by atoms with Gasteiger partial charge in [-0.3, -0.25) is 9.69 Å². The van der Waals surface area contributed by atoms with E-state index in [1.165, 1.54) is 12.8 Å². The lowest BCUT2D eigenvalue weighted by molar-refractivity contribution is -0.122. The van der Waals surface area contributed by atoms with Crippen molar-refractivity contribution in [3.63, 3.8) is 0 Å². The standard InChI is InChI=1S/C16H22ClN3O/c17-13-3-1-12(2-4-13)9-18-16(21)11-20-8-7-14-5-6-15(10-20)19-14/h1-4,14-15,19H,5-11H2,(H,18,21). The summed E-state index contributed by atoms with van der Waals surface area (Å²) in [5.41, 5.74) is 1.07. The topological polar surface area (TPSA) is 44.4 Å². The van der Waals surface area contributed by atoms with Gasteiger partial charge in [0.2, 0.25) is 5.91 Å². The van der Waals surface area contributed by atoms with E-state index in [4.69, 9.17) is 11.6 Å². The van der Waals surface area contributed by atoms with E-state index in [2.05, 4.69) is 15.5 Å². The number of amides is 1. The number of hydrogen-bond donors (Lipinski definition) is 2. The van der Waals surface area contributed by atoms with Crippen LogP contribution >= 0.6 is 11.6 Å². The summed E-state index contributed by atoms with van der Waals surface area (Å²) in [6.07, 6.45) is 3.69. The molecule has 2 aliphatic heterocycles. The van der Waals surface area contributed by atoms with Crippen LogP contribution in [0.4, 0.5) is 0 Å². The molecule has 21 heavy (non-hydrogen) atoms. The Bertz CT molecular complexity index is 491. The van der Waals surface area contributed by atoms with Gasteiger partial charge in [-0.1, -0.05) is 23.7 Å². The maximum absolute atomic E-state index is 12.1. The molecule has 114 valence electrons. The second kappa shape index (κ2) is 6.77. The smallest absolute Gasteiger partial charge is 0.234 e. The molecule has 0 aromatic heterocycles. The molecule has 2 saturated heterocycles. The summed E-state index contributed by atoms with van der Waals surface area (Å²) in [5.74, 6) is 0.0997. The van der Waals surface area contributed by atoms with E-state index in [0.717, 1.165) is 30.1 Å². The number of benzene rings is 1. The zero-order chi connectivity index (χ0) is 14.7. The van der Waals surface area contributed by atoms with Crippen molar-refractivity contribution < 1.29 is 4.79 Å². The monoisotopic (exact) mass is 307 g/mol. The molecule has 2 N–H and O–H groups in total. The Labute approximate surface area is 130 Å². The molecule has 1 aromatic rings. The minimum absolute atomic E-state index is 0.0997. The summed E-state index contributed by atoms with van der Waals surface area (Å²) in [7, 11) is 0. The molecule has 2 unspecified atom stereocenters. The molecular formula is C16H22ClN3O. The average Bonchev–Trinajstić information content (AvgIpc) is 2.81. The minimum atomic E-state index is 0.0997. The summed E-state index contributed by atoms with van der Waals surface area (Å²) >= 11 is 5.85. The summed E-state index contributed by atoms with van der Waals surface area (Å²) in [5, 5.41) is 7.34. The van der Waals surface area contributed by atoms with Gasteiger partial charge in [-0.05, 0) is 37.0 Å². The number of halogens is 1. The van der Waals surface area contributed by atoms with Gasteiger partial charge in [0, 0.05) is 36.7 Å². The Balaban J connectivity index is 1.44. The van der Waals surface area contributed by atoms with Gasteiger partial charge >= 0.3 is 0 Å². The van der Waals surface area contributed by atoms with Crippen LogP contribution in [0.25, 0.3) is 0 Å². The van der Waals surface area contributed by atoms with Crippen LogP contribution in [0.5, 0.6) is 0 Å². The molecule has 2 bridgehead atoms. The van der Waals surface area contributed by atoms with Gasteiger partial charge in [0.15, 0.2) is 0 Å². The lowest BCUT2D eigenvalue weighted by Crippen LogP contribution is -2.41. The van der Waals surface area contributed by atoms with Crippen LogP contribution in [0.2, 0.25) is 5.02 Å². The van der Waals surface area contributed by atoms with Gasteiger partial charge in [-0.25, -0.2) is 0 Å². The molecule has 2 aliphatic rings. The summed E-state index contributed by atoms with van der Waals surface area (Å²) < 4.78 is 0. The molecule has 5 heteroatoms. The fourth-order valence-corrected chi connectivity index (χ4v) is 3.35. The number of hydrogen-bond acceptors (Lipinski definition) is 3. The highest BCUT2D eigenvalue weighted by Crippen LogP contribution is 2.20. The number of nitrogens with zero attached hydrogens (tertiary/aromatic N) is 1. The normalized spacial score (nSPS) is 25.6. The second-order valence-corrected chi connectivity index (χ2v) is 6.50. The highest BCUT2D eigenvalue weighted by molar-refractivity contribution is 6.30. The number of nitrogens with one attached hydrogen (secondary N) is 2. The molecule has 1 aromatic carbocycles. The number of rotatable bonds is 4. The Hall–Kier alpha value is -1.10. The first-order chi connectivity index (χ1) is 10.2. The van der Waals surface area contributed by atoms with Crippen LogP contribution in [0.1, 0.15) is 24.8 Å². The maximum atomic E-state index is 12.1. The SMILES string of the molecule is O=C(CN1CCC2CCC(C1)N2)NCc1ccc(Cl)cc1. The van der Waals surface area contributed by atoms with Crippen LogP contribution < -0.4 is 10.6 Å². The largest absolute Gasteiger partial charge is 0.351 e. The first-order valence-corrected chi connectivity index (χ1v) is 8.06. The van der Waals surface area contributed by atoms with Crippen molar-refractivity contribution in [2.24, 2.45) is 0 Å². The van der Waals surface area contributed by atoms with Gasteiger partial charge in [0.1, 0.15) is 0 Å². The lowest BCUT2D eigenvalue weighted by atomic mass is 10.1. The lowest BCUT2D eigenvalue weighted by Gasteiger charge is -2.23. The van der Waals surface area contributed by atoms with Crippen molar-refractivity contribution in [3.05, 3.63) is 34.9 Å². The van der Waals surface area contributed by atoms with Gasteiger partial charge in [0.25, 0.3) is 0 Å². The highest BCUT2D eigenvalue weighted by Gasteiger charge is 2.29. The summed E-state index contributed by atoms with van der Waals surface area (Å²) in [4.78, 5) is 14.3. The Morgan fingerprint density at radius 3 is 2.81 bits per heavy atom. The molecule has 0 saturated carbocycles. The van der Waals surface area contributed by atoms with Crippen molar-refractivity contribution in [1.29, 1.82) is 0 Å². The van der Waals surface area contributed by atoms with E-state index in [1.807, 2.05) is 24.3 Å². The predicted octanol–water partition coefficient (Wildman–Crippen LogP) is 1.78. The van der Waals surface area contributed by atoms with Crippen molar-refractivity contribution in [2.75, 3.05) is 19.6 Å². The molecule has 2 fully saturated rings.